The minimum Gasteiger partial charge on any atom is -0.497 e. The quantitative estimate of drug-likeness (QED) is 0.693. The van der Waals surface area contributed by atoms with Crippen LogP contribution in [0.1, 0.15) is 0 Å². The Labute approximate surface area is 120 Å². The number of fused-ring (bicyclic) bond motifs is 2. The number of rotatable bonds is 3. The van der Waals surface area contributed by atoms with Gasteiger partial charge >= 0.3 is 0 Å². The zero-order valence-corrected chi connectivity index (χ0v) is 11.9. The highest BCUT2D eigenvalue weighted by atomic mass is 16.5. The van der Waals surface area contributed by atoms with Gasteiger partial charge in [-0.15, -0.1) is 0 Å². The number of ether oxygens (including phenoxy) is 3. The van der Waals surface area contributed by atoms with Crippen LogP contribution in [-0.2, 0) is 0 Å². The molecule has 0 atom stereocenters. The fourth-order valence-electron chi connectivity index (χ4n) is 2.34. The molecule has 0 amide bonds. The highest BCUT2D eigenvalue weighted by molar-refractivity contribution is 5.96. The van der Waals surface area contributed by atoms with Gasteiger partial charge in [0, 0.05) is 6.07 Å². The molecule has 0 saturated heterocycles. The standard InChI is InChI=1S/C16H14O5/c1-18-9-4-5-10-13(8-9)21-16-12(20-3)7-6-11(19-2)14(16)15(10)17/h4-8H,1-3H3. The largest absolute Gasteiger partial charge is 0.497 e. The first-order valence-electron chi connectivity index (χ1n) is 6.35. The van der Waals surface area contributed by atoms with Crippen LogP contribution >= 0.6 is 0 Å². The van der Waals surface area contributed by atoms with Crippen molar-refractivity contribution >= 4 is 21.9 Å². The molecule has 0 aliphatic rings. The lowest BCUT2D eigenvalue weighted by Gasteiger charge is -2.10. The van der Waals surface area contributed by atoms with Crippen molar-refractivity contribution < 1.29 is 18.6 Å². The minimum atomic E-state index is -0.162. The maximum absolute atomic E-state index is 12.7. The second-order valence-electron chi connectivity index (χ2n) is 4.47. The summed E-state index contributed by atoms with van der Waals surface area (Å²) < 4.78 is 21.5. The molecular formula is C16H14O5. The molecule has 3 aromatic rings. The van der Waals surface area contributed by atoms with Crippen molar-refractivity contribution in [2.45, 2.75) is 0 Å². The van der Waals surface area contributed by atoms with Crippen LogP contribution in [0.25, 0.3) is 21.9 Å². The smallest absolute Gasteiger partial charge is 0.204 e. The maximum Gasteiger partial charge on any atom is 0.204 e. The lowest BCUT2D eigenvalue weighted by molar-refractivity contribution is 0.403. The number of methoxy groups -OCH3 is 3. The highest BCUT2D eigenvalue weighted by Gasteiger charge is 2.16. The Morgan fingerprint density at radius 3 is 2.29 bits per heavy atom. The molecule has 2 aromatic carbocycles. The molecule has 0 saturated carbocycles. The summed E-state index contributed by atoms with van der Waals surface area (Å²) in [7, 11) is 4.60. The summed E-state index contributed by atoms with van der Waals surface area (Å²) in [4.78, 5) is 12.7. The van der Waals surface area contributed by atoms with E-state index in [9.17, 15) is 4.79 Å². The monoisotopic (exact) mass is 286 g/mol. The predicted octanol–water partition coefficient (Wildman–Crippen LogP) is 2.97. The molecule has 1 heterocycles. The van der Waals surface area contributed by atoms with E-state index in [-0.39, 0.29) is 5.43 Å². The van der Waals surface area contributed by atoms with Crippen LogP contribution in [0.5, 0.6) is 17.2 Å². The van der Waals surface area contributed by atoms with E-state index in [2.05, 4.69) is 0 Å². The summed E-state index contributed by atoms with van der Waals surface area (Å²) in [6.07, 6.45) is 0. The number of hydrogen-bond donors (Lipinski definition) is 0. The van der Waals surface area contributed by atoms with Gasteiger partial charge in [0.25, 0.3) is 0 Å². The van der Waals surface area contributed by atoms with Crippen LogP contribution in [-0.4, -0.2) is 21.3 Å². The topological polar surface area (TPSA) is 57.9 Å². The molecule has 3 rings (SSSR count). The zero-order chi connectivity index (χ0) is 15.0. The van der Waals surface area contributed by atoms with Crippen molar-refractivity contribution in [1.29, 1.82) is 0 Å². The van der Waals surface area contributed by atoms with E-state index in [0.717, 1.165) is 0 Å². The Morgan fingerprint density at radius 2 is 1.62 bits per heavy atom. The summed E-state index contributed by atoms with van der Waals surface area (Å²) in [6, 6.07) is 8.47. The van der Waals surface area contributed by atoms with Crippen molar-refractivity contribution in [3.8, 4) is 17.2 Å². The van der Waals surface area contributed by atoms with Gasteiger partial charge in [-0.2, -0.15) is 0 Å². The lowest BCUT2D eigenvalue weighted by atomic mass is 10.1. The molecule has 0 aliphatic carbocycles. The van der Waals surface area contributed by atoms with Gasteiger partial charge in [-0.3, -0.25) is 4.79 Å². The van der Waals surface area contributed by atoms with Crippen LogP contribution < -0.4 is 19.6 Å². The third kappa shape index (κ3) is 1.98. The zero-order valence-electron chi connectivity index (χ0n) is 11.9. The van der Waals surface area contributed by atoms with Crippen LogP contribution in [0.3, 0.4) is 0 Å². The average molecular weight is 286 g/mol. The molecule has 0 bridgehead atoms. The fraction of sp³-hybridized carbons (Fsp3) is 0.188. The Bertz CT molecular complexity index is 879. The molecule has 0 unspecified atom stereocenters. The first kappa shape index (κ1) is 13.3. The van der Waals surface area contributed by atoms with E-state index in [1.807, 2.05) is 0 Å². The second kappa shape index (κ2) is 5.01. The molecule has 0 fully saturated rings. The van der Waals surface area contributed by atoms with Crippen LogP contribution in [0, 0.1) is 0 Å². The Hall–Kier alpha value is -2.69. The SMILES string of the molecule is COc1ccc2c(=O)c3c(OC)ccc(OC)c3oc2c1. The second-order valence-corrected chi connectivity index (χ2v) is 4.47. The van der Waals surface area contributed by atoms with E-state index in [0.29, 0.717) is 39.2 Å². The fourth-order valence-corrected chi connectivity index (χ4v) is 2.34. The van der Waals surface area contributed by atoms with E-state index in [1.54, 1.807) is 37.4 Å². The summed E-state index contributed by atoms with van der Waals surface area (Å²) >= 11 is 0. The normalized spacial score (nSPS) is 10.8. The molecule has 5 heteroatoms. The first-order chi connectivity index (χ1) is 10.2. The minimum absolute atomic E-state index is 0.162. The van der Waals surface area contributed by atoms with Crippen molar-refractivity contribution in [2.24, 2.45) is 0 Å². The van der Waals surface area contributed by atoms with E-state index >= 15 is 0 Å². The van der Waals surface area contributed by atoms with E-state index in [1.165, 1.54) is 14.2 Å². The lowest BCUT2D eigenvalue weighted by Crippen LogP contribution is -2.05. The molecule has 0 radical (unpaired) electrons. The third-order valence-corrected chi connectivity index (χ3v) is 3.40. The van der Waals surface area contributed by atoms with Gasteiger partial charge in [-0.1, -0.05) is 0 Å². The van der Waals surface area contributed by atoms with Crippen LogP contribution in [0.4, 0.5) is 0 Å². The molecule has 5 nitrogen and oxygen atoms in total. The van der Waals surface area contributed by atoms with Gasteiger partial charge in [0.1, 0.15) is 22.5 Å². The summed E-state index contributed by atoms with van der Waals surface area (Å²) in [6.45, 7) is 0. The van der Waals surface area contributed by atoms with Gasteiger partial charge < -0.3 is 18.6 Å². The molecule has 0 spiro atoms. The Morgan fingerprint density at radius 1 is 0.905 bits per heavy atom. The first-order valence-corrected chi connectivity index (χ1v) is 6.35. The van der Waals surface area contributed by atoms with Crippen LogP contribution in [0.15, 0.2) is 39.5 Å². The molecule has 0 aliphatic heterocycles. The van der Waals surface area contributed by atoms with Crippen molar-refractivity contribution in [3.63, 3.8) is 0 Å². The maximum atomic E-state index is 12.7. The van der Waals surface area contributed by atoms with Gasteiger partial charge in [-0.05, 0) is 24.3 Å². The van der Waals surface area contributed by atoms with Crippen molar-refractivity contribution in [3.05, 3.63) is 40.6 Å². The number of benzene rings is 2. The highest BCUT2D eigenvalue weighted by Crippen LogP contribution is 2.33. The van der Waals surface area contributed by atoms with Crippen molar-refractivity contribution in [1.82, 2.24) is 0 Å². The number of hydrogen-bond acceptors (Lipinski definition) is 5. The predicted molar refractivity (Wildman–Crippen MR) is 79.6 cm³/mol. The molecule has 1 aromatic heterocycles. The van der Waals surface area contributed by atoms with Crippen LogP contribution in [0.2, 0.25) is 0 Å². The van der Waals surface area contributed by atoms with E-state index in [4.69, 9.17) is 18.6 Å². The Balaban J connectivity index is 2.51. The van der Waals surface area contributed by atoms with Gasteiger partial charge in [0.15, 0.2) is 11.3 Å². The average Bonchev–Trinajstić information content (AvgIpc) is 2.53. The van der Waals surface area contributed by atoms with Gasteiger partial charge in [0.2, 0.25) is 5.43 Å². The van der Waals surface area contributed by atoms with Gasteiger partial charge in [-0.25, -0.2) is 0 Å². The van der Waals surface area contributed by atoms with Gasteiger partial charge in [0.05, 0.1) is 26.7 Å². The molecule has 108 valence electrons. The summed E-state index contributed by atoms with van der Waals surface area (Å²) in [5, 5.41) is 0.837. The molecular weight excluding hydrogens is 272 g/mol. The van der Waals surface area contributed by atoms with Crippen molar-refractivity contribution in [2.75, 3.05) is 21.3 Å². The molecule has 0 N–H and O–H groups in total. The van der Waals surface area contributed by atoms with E-state index < -0.39 is 0 Å². The third-order valence-electron chi connectivity index (χ3n) is 3.40. The Kier molecular flexibility index (Phi) is 3.17. The summed E-state index contributed by atoms with van der Waals surface area (Å²) in [5.74, 6) is 1.55. The summed E-state index contributed by atoms with van der Waals surface area (Å²) in [5.41, 5.74) is 0.644. The molecule has 21 heavy (non-hydrogen) atoms.